The first-order valence-corrected chi connectivity index (χ1v) is 10.2. The van der Waals surface area contributed by atoms with Gasteiger partial charge in [0, 0.05) is 18.7 Å². The summed E-state index contributed by atoms with van der Waals surface area (Å²) < 4.78 is 5.38. The van der Waals surface area contributed by atoms with Gasteiger partial charge in [0.25, 0.3) is 0 Å². The number of carbonyl (C=O) groups excluding carboxylic acids is 2. The van der Waals surface area contributed by atoms with Gasteiger partial charge in [0.2, 0.25) is 11.8 Å². The summed E-state index contributed by atoms with van der Waals surface area (Å²) in [5.74, 6) is -0.291. The van der Waals surface area contributed by atoms with Crippen LogP contribution < -0.4 is 10.1 Å². The van der Waals surface area contributed by atoms with E-state index in [0.29, 0.717) is 31.1 Å². The molecule has 8 heteroatoms. The molecule has 148 valence electrons. The summed E-state index contributed by atoms with van der Waals surface area (Å²) in [5, 5.41) is 12.2. The topological polar surface area (TPSA) is 95.9 Å². The van der Waals surface area contributed by atoms with E-state index in [0.717, 1.165) is 11.3 Å². The van der Waals surface area contributed by atoms with Gasteiger partial charge in [-0.25, -0.2) is 0 Å². The van der Waals surface area contributed by atoms with Crippen LogP contribution in [-0.4, -0.2) is 58.6 Å². The van der Waals surface area contributed by atoms with Crippen LogP contribution in [0.25, 0.3) is 0 Å². The van der Waals surface area contributed by atoms with Crippen LogP contribution >= 0.6 is 11.8 Å². The average molecular weight is 394 g/mol. The number of benzene rings is 1. The lowest BCUT2D eigenvalue weighted by molar-refractivity contribution is -0.142. The number of rotatable bonds is 9. The molecule has 2 atom stereocenters. The Bertz CT molecular complexity index is 665. The van der Waals surface area contributed by atoms with Gasteiger partial charge < -0.3 is 20.1 Å². The zero-order valence-electron chi connectivity index (χ0n) is 15.6. The Morgan fingerprint density at radius 3 is 2.59 bits per heavy atom. The summed E-state index contributed by atoms with van der Waals surface area (Å²) in [6, 6.07) is 6.75. The maximum atomic E-state index is 12.4. The summed E-state index contributed by atoms with van der Waals surface area (Å²) in [7, 11) is 0. The molecule has 2 unspecified atom stereocenters. The standard InChI is InChI=1S/C19H26N2O5S/c1-3-17(22)21-12-27-11-16(21)18(23)20-10-14(19(24)25)9-13-5-7-15(8-6-13)26-4-2/h5-8,14,16H,3-4,9-12H2,1-2H3,(H,20,23)(H,24,25). The number of thioether (sulfide) groups is 1. The fraction of sp³-hybridized carbons (Fsp3) is 0.526. The highest BCUT2D eigenvalue weighted by Crippen LogP contribution is 2.22. The first-order chi connectivity index (χ1) is 13.0. The van der Waals surface area contributed by atoms with E-state index in [1.54, 1.807) is 24.0 Å². The van der Waals surface area contributed by atoms with E-state index in [9.17, 15) is 19.5 Å². The van der Waals surface area contributed by atoms with Crippen molar-refractivity contribution in [2.45, 2.75) is 32.7 Å². The van der Waals surface area contributed by atoms with E-state index in [4.69, 9.17) is 4.74 Å². The van der Waals surface area contributed by atoms with Gasteiger partial charge in [-0.2, -0.15) is 0 Å². The second-order valence-corrected chi connectivity index (χ2v) is 7.29. The van der Waals surface area contributed by atoms with Crippen LogP contribution in [0, 0.1) is 5.92 Å². The van der Waals surface area contributed by atoms with Crippen LogP contribution in [0.4, 0.5) is 0 Å². The summed E-state index contributed by atoms with van der Waals surface area (Å²) in [4.78, 5) is 37.5. The number of aliphatic carboxylic acids is 1. The number of hydrogen-bond donors (Lipinski definition) is 2. The minimum absolute atomic E-state index is 0.0245. The Morgan fingerprint density at radius 1 is 1.30 bits per heavy atom. The molecular formula is C19H26N2O5S. The Labute approximate surface area is 163 Å². The first kappa shape index (κ1) is 21.1. The number of hydrogen-bond acceptors (Lipinski definition) is 5. The molecule has 2 N–H and O–H groups in total. The molecule has 1 fully saturated rings. The second-order valence-electron chi connectivity index (χ2n) is 6.29. The maximum Gasteiger partial charge on any atom is 0.308 e. The third-order valence-corrected chi connectivity index (χ3v) is 5.41. The van der Waals surface area contributed by atoms with Crippen LogP contribution in [0.15, 0.2) is 24.3 Å². The zero-order chi connectivity index (χ0) is 19.8. The van der Waals surface area contributed by atoms with Crippen molar-refractivity contribution in [2.75, 3.05) is 24.8 Å². The molecule has 0 radical (unpaired) electrons. The second kappa shape index (κ2) is 10.2. The van der Waals surface area contributed by atoms with E-state index in [2.05, 4.69) is 5.32 Å². The van der Waals surface area contributed by atoms with Gasteiger partial charge in [0.05, 0.1) is 18.4 Å². The van der Waals surface area contributed by atoms with E-state index in [1.165, 1.54) is 11.8 Å². The third kappa shape index (κ3) is 5.89. The quantitative estimate of drug-likeness (QED) is 0.663. The van der Waals surface area contributed by atoms with E-state index < -0.39 is 17.9 Å². The molecule has 1 aliphatic rings. The SMILES string of the molecule is CCOc1ccc(CC(CNC(=O)C2CSCN2C(=O)CC)C(=O)O)cc1. The zero-order valence-corrected chi connectivity index (χ0v) is 16.5. The van der Waals surface area contributed by atoms with Gasteiger partial charge in [-0.05, 0) is 31.0 Å². The molecule has 0 aliphatic carbocycles. The smallest absolute Gasteiger partial charge is 0.308 e. The molecule has 7 nitrogen and oxygen atoms in total. The van der Waals surface area contributed by atoms with Crippen molar-refractivity contribution in [3.05, 3.63) is 29.8 Å². The van der Waals surface area contributed by atoms with Crippen molar-refractivity contribution < 1.29 is 24.2 Å². The molecule has 2 rings (SSSR count). The van der Waals surface area contributed by atoms with Crippen LogP contribution in [0.1, 0.15) is 25.8 Å². The fourth-order valence-electron chi connectivity index (χ4n) is 2.87. The lowest BCUT2D eigenvalue weighted by atomic mass is 9.99. The van der Waals surface area contributed by atoms with Crippen LogP contribution in [0.3, 0.4) is 0 Å². The molecule has 0 aromatic heterocycles. The summed E-state index contributed by atoms with van der Waals surface area (Å²) in [6.45, 7) is 4.25. The molecule has 1 saturated heterocycles. The van der Waals surface area contributed by atoms with Gasteiger partial charge in [0.15, 0.2) is 0 Å². The molecule has 27 heavy (non-hydrogen) atoms. The number of nitrogens with zero attached hydrogens (tertiary/aromatic N) is 1. The monoisotopic (exact) mass is 394 g/mol. The lowest BCUT2D eigenvalue weighted by Gasteiger charge is -2.23. The fourth-order valence-corrected chi connectivity index (χ4v) is 4.05. The van der Waals surface area contributed by atoms with Gasteiger partial charge in [-0.15, -0.1) is 11.8 Å². The van der Waals surface area contributed by atoms with Crippen molar-refractivity contribution in [1.82, 2.24) is 10.2 Å². The summed E-state index contributed by atoms with van der Waals surface area (Å²) >= 11 is 1.53. The molecule has 1 heterocycles. The maximum absolute atomic E-state index is 12.4. The average Bonchev–Trinajstić information content (AvgIpc) is 3.15. The highest BCUT2D eigenvalue weighted by Gasteiger charge is 2.34. The Kier molecular flexibility index (Phi) is 7.97. The number of carboxylic acid groups (broad SMARTS) is 1. The molecule has 1 aliphatic heterocycles. The predicted octanol–water partition coefficient (Wildman–Crippen LogP) is 1.76. The van der Waals surface area contributed by atoms with Gasteiger partial charge in [-0.3, -0.25) is 14.4 Å². The third-order valence-electron chi connectivity index (χ3n) is 4.40. The van der Waals surface area contributed by atoms with Gasteiger partial charge >= 0.3 is 5.97 Å². The highest BCUT2D eigenvalue weighted by atomic mass is 32.2. The molecule has 0 spiro atoms. The van der Waals surface area contributed by atoms with Crippen molar-refractivity contribution >= 4 is 29.5 Å². The van der Waals surface area contributed by atoms with E-state index in [-0.39, 0.29) is 18.4 Å². The summed E-state index contributed by atoms with van der Waals surface area (Å²) in [5.41, 5.74) is 0.860. The number of carboxylic acids is 1. The highest BCUT2D eigenvalue weighted by molar-refractivity contribution is 7.99. The molecule has 0 saturated carbocycles. The number of nitrogens with one attached hydrogen (secondary N) is 1. The number of ether oxygens (including phenoxy) is 1. The molecule has 0 bridgehead atoms. The Hall–Kier alpha value is -2.22. The van der Waals surface area contributed by atoms with Crippen LogP contribution in [0.2, 0.25) is 0 Å². The number of amides is 2. The molecule has 2 amide bonds. The van der Waals surface area contributed by atoms with Crippen molar-refractivity contribution in [3.63, 3.8) is 0 Å². The van der Waals surface area contributed by atoms with E-state index in [1.807, 2.05) is 19.1 Å². The number of carbonyl (C=O) groups is 3. The van der Waals surface area contributed by atoms with Crippen molar-refractivity contribution in [2.24, 2.45) is 5.92 Å². The van der Waals surface area contributed by atoms with Gasteiger partial charge in [-0.1, -0.05) is 19.1 Å². The first-order valence-electron chi connectivity index (χ1n) is 9.05. The largest absolute Gasteiger partial charge is 0.494 e. The van der Waals surface area contributed by atoms with E-state index >= 15 is 0 Å². The lowest BCUT2D eigenvalue weighted by Crippen LogP contribution is -2.48. The molecule has 1 aromatic rings. The minimum Gasteiger partial charge on any atom is -0.494 e. The van der Waals surface area contributed by atoms with Gasteiger partial charge in [0.1, 0.15) is 11.8 Å². The van der Waals surface area contributed by atoms with Crippen LogP contribution in [0.5, 0.6) is 5.75 Å². The van der Waals surface area contributed by atoms with Crippen molar-refractivity contribution in [1.29, 1.82) is 0 Å². The predicted molar refractivity (Wildman–Crippen MR) is 104 cm³/mol. The van der Waals surface area contributed by atoms with Crippen LogP contribution in [-0.2, 0) is 20.8 Å². The normalized spacial score (nSPS) is 17.4. The molecular weight excluding hydrogens is 368 g/mol. The minimum atomic E-state index is -0.966. The Morgan fingerprint density at radius 2 is 2.00 bits per heavy atom. The molecule has 1 aromatic carbocycles. The summed E-state index contributed by atoms with van der Waals surface area (Å²) in [6.07, 6.45) is 0.652. The van der Waals surface area contributed by atoms with Crippen molar-refractivity contribution in [3.8, 4) is 5.75 Å². The Balaban J connectivity index is 1.93.